The third-order valence-electron chi connectivity index (χ3n) is 4.83. The fraction of sp³-hybridized carbons (Fsp3) is 0.632. The monoisotopic (exact) mass is 351 g/mol. The molecule has 1 aliphatic heterocycles. The molecule has 0 saturated carbocycles. The molecule has 1 saturated heterocycles. The van der Waals surface area contributed by atoms with Gasteiger partial charge in [0.1, 0.15) is 0 Å². The lowest BCUT2D eigenvalue weighted by molar-refractivity contribution is 0.192. The van der Waals surface area contributed by atoms with Crippen molar-refractivity contribution in [1.82, 2.24) is 10.2 Å². The van der Waals surface area contributed by atoms with Crippen LogP contribution in [0.25, 0.3) is 0 Å². The van der Waals surface area contributed by atoms with Crippen LogP contribution in [0.4, 0.5) is 10.5 Å². The number of piperazine rings is 1. The summed E-state index contributed by atoms with van der Waals surface area (Å²) in [5.74, 6) is 0.599. The molecule has 2 rings (SSSR count). The van der Waals surface area contributed by atoms with Gasteiger partial charge in [-0.1, -0.05) is 50.8 Å². The molecule has 1 aliphatic rings. The van der Waals surface area contributed by atoms with E-state index in [0.717, 1.165) is 49.9 Å². The van der Waals surface area contributed by atoms with Crippen molar-refractivity contribution in [3.8, 4) is 0 Å². The van der Waals surface area contributed by atoms with Gasteiger partial charge in [-0.05, 0) is 30.5 Å². The Balaban J connectivity index is 1.76. The maximum atomic E-state index is 12.4. The smallest absolute Gasteiger partial charge is 0.317 e. The van der Waals surface area contributed by atoms with Gasteiger partial charge in [0.25, 0.3) is 0 Å². The molecule has 0 unspecified atom stereocenters. The molecule has 1 fully saturated rings. The van der Waals surface area contributed by atoms with Crippen LogP contribution in [0.5, 0.6) is 0 Å². The minimum absolute atomic E-state index is 0.0793. The fourth-order valence-electron chi connectivity index (χ4n) is 3.13. The van der Waals surface area contributed by atoms with Gasteiger partial charge in [0, 0.05) is 43.4 Å². The Morgan fingerprint density at radius 3 is 2.62 bits per heavy atom. The molecule has 24 heavy (non-hydrogen) atoms. The molecule has 4 nitrogen and oxygen atoms in total. The van der Waals surface area contributed by atoms with E-state index in [0.29, 0.717) is 5.92 Å². The standard InChI is InChI=1S/C19H30ClN3O/c1-3-5-7-16(4-2)15-21-19(24)23-12-10-22(11-13-23)18-9-6-8-17(20)14-18/h6,8-9,14,16H,3-5,7,10-13,15H2,1-2H3,(H,21,24)/t16-/m0/s1. The average Bonchev–Trinajstić information content (AvgIpc) is 2.62. The summed E-state index contributed by atoms with van der Waals surface area (Å²) >= 11 is 6.06. The van der Waals surface area contributed by atoms with E-state index >= 15 is 0 Å². The van der Waals surface area contributed by atoms with Gasteiger partial charge in [-0.15, -0.1) is 0 Å². The molecule has 0 radical (unpaired) electrons. The normalized spacial score (nSPS) is 16.1. The van der Waals surface area contributed by atoms with Crippen LogP contribution in [0.2, 0.25) is 5.02 Å². The van der Waals surface area contributed by atoms with Gasteiger partial charge in [-0.3, -0.25) is 0 Å². The Hall–Kier alpha value is -1.42. The molecular formula is C19H30ClN3O. The number of anilines is 1. The second-order valence-corrected chi connectivity index (χ2v) is 6.99. The number of carbonyl (C=O) groups is 1. The van der Waals surface area contributed by atoms with Crippen LogP contribution in [-0.2, 0) is 0 Å². The largest absolute Gasteiger partial charge is 0.368 e. The number of carbonyl (C=O) groups excluding carboxylic acids is 1. The van der Waals surface area contributed by atoms with Crippen LogP contribution < -0.4 is 10.2 Å². The Bertz CT molecular complexity index is 515. The Morgan fingerprint density at radius 2 is 2.00 bits per heavy atom. The number of hydrogen-bond donors (Lipinski definition) is 1. The van der Waals surface area contributed by atoms with Crippen molar-refractivity contribution in [2.45, 2.75) is 39.5 Å². The molecule has 5 heteroatoms. The van der Waals surface area contributed by atoms with Crippen LogP contribution in [0.3, 0.4) is 0 Å². The van der Waals surface area contributed by atoms with Crippen LogP contribution in [-0.4, -0.2) is 43.7 Å². The summed E-state index contributed by atoms with van der Waals surface area (Å²) in [4.78, 5) is 16.6. The summed E-state index contributed by atoms with van der Waals surface area (Å²) in [5.41, 5.74) is 1.13. The molecule has 1 atom stereocenters. The lowest BCUT2D eigenvalue weighted by Crippen LogP contribution is -2.52. The minimum Gasteiger partial charge on any atom is -0.368 e. The third kappa shape index (κ3) is 5.59. The van der Waals surface area contributed by atoms with E-state index in [-0.39, 0.29) is 6.03 Å². The van der Waals surface area contributed by atoms with Crippen molar-refractivity contribution >= 4 is 23.3 Å². The highest BCUT2D eigenvalue weighted by molar-refractivity contribution is 6.30. The van der Waals surface area contributed by atoms with E-state index in [1.54, 1.807) is 0 Å². The van der Waals surface area contributed by atoms with Crippen molar-refractivity contribution in [3.63, 3.8) is 0 Å². The number of nitrogens with one attached hydrogen (secondary N) is 1. The Morgan fingerprint density at radius 1 is 1.25 bits per heavy atom. The number of rotatable bonds is 7. The second-order valence-electron chi connectivity index (χ2n) is 6.56. The van der Waals surface area contributed by atoms with Gasteiger partial charge in [0.2, 0.25) is 0 Å². The topological polar surface area (TPSA) is 35.6 Å². The average molecular weight is 352 g/mol. The summed E-state index contributed by atoms with van der Waals surface area (Å²) in [6.07, 6.45) is 4.79. The molecule has 0 aromatic heterocycles. The van der Waals surface area contributed by atoms with Gasteiger partial charge >= 0.3 is 6.03 Å². The number of unbranched alkanes of at least 4 members (excludes halogenated alkanes) is 1. The summed E-state index contributed by atoms with van der Waals surface area (Å²) in [6.45, 7) is 8.42. The summed E-state index contributed by atoms with van der Waals surface area (Å²) < 4.78 is 0. The van der Waals surface area contributed by atoms with Gasteiger partial charge in [-0.2, -0.15) is 0 Å². The van der Waals surface area contributed by atoms with Crippen molar-refractivity contribution < 1.29 is 4.79 Å². The summed E-state index contributed by atoms with van der Waals surface area (Å²) in [7, 11) is 0. The van der Waals surface area contributed by atoms with Crippen LogP contribution in [0, 0.1) is 5.92 Å². The first-order valence-electron chi connectivity index (χ1n) is 9.17. The molecule has 0 aliphatic carbocycles. The molecule has 134 valence electrons. The predicted octanol–water partition coefficient (Wildman–Crippen LogP) is 4.39. The van der Waals surface area contributed by atoms with E-state index in [1.807, 2.05) is 23.1 Å². The third-order valence-corrected chi connectivity index (χ3v) is 5.06. The summed E-state index contributed by atoms with van der Waals surface area (Å²) in [5, 5.41) is 3.88. The first kappa shape index (κ1) is 18.9. The van der Waals surface area contributed by atoms with E-state index in [2.05, 4.69) is 30.1 Å². The predicted molar refractivity (Wildman–Crippen MR) is 102 cm³/mol. The highest BCUT2D eigenvalue weighted by Gasteiger charge is 2.21. The number of hydrogen-bond acceptors (Lipinski definition) is 2. The van der Waals surface area contributed by atoms with Crippen LogP contribution in [0.15, 0.2) is 24.3 Å². The van der Waals surface area contributed by atoms with E-state index in [1.165, 1.54) is 19.3 Å². The van der Waals surface area contributed by atoms with Crippen molar-refractivity contribution in [2.24, 2.45) is 5.92 Å². The maximum absolute atomic E-state index is 12.4. The zero-order valence-corrected chi connectivity index (χ0v) is 15.7. The van der Waals surface area contributed by atoms with Crippen molar-refractivity contribution in [2.75, 3.05) is 37.6 Å². The SMILES string of the molecule is CCCC[C@H](CC)CNC(=O)N1CCN(c2cccc(Cl)c2)CC1. The lowest BCUT2D eigenvalue weighted by Gasteiger charge is -2.36. The number of halogens is 1. The van der Waals surface area contributed by atoms with E-state index < -0.39 is 0 Å². The first-order chi connectivity index (χ1) is 11.6. The molecule has 1 aromatic carbocycles. The highest BCUT2D eigenvalue weighted by atomic mass is 35.5. The quantitative estimate of drug-likeness (QED) is 0.790. The highest BCUT2D eigenvalue weighted by Crippen LogP contribution is 2.20. The second kappa shape index (κ2) is 9.77. The first-order valence-corrected chi connectivity index (χ1v) is 9.55. The molecule has 0 spiro atoms. The number of benzene rings is 1. The Labute approximate surface area is 151 Å². The van der Waals surface area contributed by atoms with E-state index in [9.17, 15) is 4.79 Å². The van der Waals surface area contributed by atoms with Crippen molar-refractivity contribution in [1.29, 1.82) is 0 Å². The van der Waals surface area contributed by atoms with Gasteiger partial charge in [0.15, 0.2) is 0 Å². The zero-order chi connectivity index (χ0) is 17.4. The molecule has 1 heterocycles. The molecular weight excluding hydrogens is 322 g/mol. The molecule has 2 amide bonds. The minimum atomic E-state index is 0.0793. The van der Waals surface area contributed by atoms with Gasteiger partial charge in [-0.25, -0.2) is 4.79 Å². The van der Waals surface area contributed by atoms with E-state index in [4.69, 9.17) is 11.6 Å². The summed E-state index contributed by atoms with van der Waals surface area (Å²) in [6, 6.07) is 7.99. The molecule has 0 bridgehead atoms. The Kier molecular flexibility index (Phi) is 7.70. The van der Waals surface area contributed by atoms with Gasteiger partial charge < -0.3 is 15.1 Å². The number of amides is 2. The molecule has 1 aromatic rings. The zero-order valence-electron chi connectivity index (χ0n) is 14.9. The number of nitrogens with zero attached hydrogens (tertiary/aromatic N) is 2. The van der Waals surface area contributed by atoms with Crippen molar-refractivity contribution in [3.05, 3.63) is 29.3 Å². The maximum Gasteiger partial charge on any atom is 0.317 e. The lowest BCUT2D eigenvalue weighted by atomic mass is 9.99. The van der Waals surface area contributed by atoms with Gasteiger partial charge in [0.05, 0.1) is 0 Å². The molecule has 1 N–H and O–H groups in total. The fourth-order valence-corrected chi connectivity index (χ4v) is 3.31. The van der Waals surface area contributed by atoms with Crippen LogP contribution in [0.1, 0.15) is 39.5 Å². The number of urea groups is 1. The van der Waals surface area contributed by atoms with Crippen LogP contribution >= 0.6 is 11.6 Å².